The third-order valence-corrected chi connectivity index (χ3v) is 3.61. The highest BCUT2D eigenvalue weighted by molar-refractivity contribution is 5.80. The summed E-state index contributed by atoms with van der Waals surface area (Å²) in [6, 6.07) is 10.3. The summed E-state index contributed by atoms with van der Waals surface area (Å²) in [6.07, 6.45) is 6.24. The molecule has 0 bridgehead atoms. The maximum absolute atomic E-state index is 11.1. The standard InChI is InChI=1S/C16H22O2/c17-16-10-9-14(12-16)6-4-5-11-18-13-15-7-2-1-3-8-15/h1-3,7-8,14H,4-6,9-13H2. The molecule has 0 aromatic heterocycles. The Morgan fingerprint density at radius 2 is 2.00 bits per heavy atom. The Balaban J connectivity index is 1.48. The third-order valence-electron chi connectivity index (χ3n) is 3.61. The van der Waals surface area contributed by atoms with Crippen LogP contribution in [0.1, 0.15) is 44.1 Å². The molecule has 1 aromatic carbocycles. The Morgan fingerprint density at radius 1 is 1.17 bits per heavy atom. The van der Waals surface area contributed by atoms with Crippen molar-refractivity contribution in [3.8, 4) is 0 Å². The second-order valence-electron chi connectivity index (χ2n) is 5.18. The largest absolute Gasteiger partial charge is 0.377 e. The van der Waals surface area contributed by atoms with E-state index in [9.17, 15) is 4.79 Å². The van der Waals surface area contributed by atoms with Crippen molar-refractivity contribution in [1.82, 2.24) is 0 Å². The molecule has 1 aliphatic carbocycles. The van der Waals surface area contributed by atoms with Crippen molar-refractivity contribution in [1.29, 1.82) is 0 Å². The Kier molecular flexibility index (Phi) is 5.40. The zero-order valence-corrected chi connectivity index (χ0v) is 10.9. The van der Waals surface area contributed by atoms with E-state index in [1.165, 1.54) is 18.4 Å². The van der Waals surface area contributed by atoms with Crippen LogP contribution in [0.5, 0.6) is 0 Å². The van der Waals surface area contributed by atoms with Gasteiger partial charge in [-0.05, 0) is 30.7 Å². The number of hydrogen-bond donors (Lipinski definition) is 0. The third kappa shape index (κ3) is 4.61. The molecular formula is C16H22O2. The van der Waals surface area contributed by atoms with Crippen LogP contribution in [-0.2, 0) is 16.1 Å². The normalized spacial score (nSPS) is 19.3. The topological polar surface area (TPSA) is 26.3 Å². The highest BCUT2D eigenvalue weighted by Crippen LogP contribution is 2.26. The lowest BCUT2D eigenvalue weighted by Crippen LogP contribution is -1.99. The number of ketones is 1. The van der Waals surface area contributed by atoms with Crippen LogP contribution < -0.4 is 0 Å². The van der Waals surface area contributed by atoms with E-state index in [-0.39, 0.29) is 0 Å². The Morgan fingerprint density at radius 3 is 2.72 bits per heavy atom. The zero-order chi connectivity index (χ0) is 12.6. The predicted octanol–water partition coefficient (Wildman–Crippen LogP) is 3.74. The van der Waals surface area contributed by atoms with Gasteiger partial charge in [-0.2, -0.15) is 0 Å². The van der Waals surface area contributed by atoms with E-state index in [0.29, 0.717) is 18.3 Å². The zero-order valence-electron chi connectivity index (χ0n) is 10.9. The van der Waals surface area contributed by atoms with Gasteiger partial charge in [0.25, 0.3) is 0 Å². The van der Waals surface area contributed by atoms with Crippen molar-refractivity contribution < 1.29 is 9.53 Å². The molecule has 1 aromatic rings. The minimum absolute atomic E-state index is 0.459. The van der Waals surface area contributed by atoms with Crippen LogP contribution in [0.4, 0.5) is 0 Å². The minimum atomic E-state index is 0.459. The summed E-state index contributed by atoms with van der Waals surface area (Å²) < 4.78 is 5.64. The summed E-state index contributed by atoms with van der Waals surface area (Å²) in [6.45, 7) is 1.54. The Hall–Kier alpha value is -1.15. The molecule has 18 heavy (non-hydrogen) atoms. The molecule has 0 aliphatic heterocycles. The van der Waals surface area contributed by atoms with Gasteiger partial charge in [0.15, 0.2) is 0 Å². The molecule has 1 aliphatic rings. The number of unbranched alkanes of at least 4 members (excludes halogenated alkanes) is 1. The molecule has 0 heterocycles. The van der Waals surface area contributed by atoms with Crippen molar-refractivity contribution in [3.63, 3.8) is 0 Å². The van der Waals surface area contributed by atoms with E-state index in [2.05, 4.69) is 12.1 Å². The van der Waals surface area contributed by atoms with E-state index in [4.69, 9.17) is 4.74 Å². The first kappa shape index (κ1) is 13.3. The van der Waals surface area contributed by atoms with Gasteiger partial charge in [0.2, 0.25) is 0 Å². The highest BCUT2D eigenvalue weighted by atomic mass is 16.5. The molecule has 0 spiro atoms. The second kappa shape index (κ2) is 7.32. The minimum Gasteiger partial charge on any atom is -0.377 e. The van der Waals surface area contributed by atoms with Crippen molar-refractivity contribution in [2.24, 2.45) is 5.92 Å². The average molecular weight is 246 g/mol. The molecule has 1 atom stereocenters. The van der Waals surface area contributed by atoms with Gasteiger partial charge in [-0.25, -0.2) is 0 Å². The van der Waals surface area contributed by atoms with Gasteiger partial charge >= 0.3 is 0 Å². The van der Waals surface area contributed by atoms with E-state index < -0.39 is 0 Å². The van der Waals surface area contributed by atoms with Gasteiger partial charge in [0, 0.05) is 19.4 Å². The summed E-state index contributed by atoms with van der Waals surface area (Å²) in [5, 5.41) is 0. The van der Waals surface area contributed by atoms with E-state index in [1.54, 1.807) is 0 Å². The molecule has 98 valence electrons. The SMILES string of the molecule is O=C1CCC(CCCCOCc2ccccc2)C1. The monoisotopic (exact) mass is 246 g/mol. The lowest BCUT2D eigenvalue weighted by atomic mass is 10.0. The lowest BCUT2D eigenvalue weighted by molar-refractivity contribution is -0.117. The fraction of sp³-hybridized carbons (Fsp3) is 0.562. The Labute approximate surface area is 109 Å². The van der Waals surface area contributed by atoms with Crippen LogP contribution in [0.25, 0.3) is 0 Å². The van der Waals surface area contributed by atoms with E-state index >= 15 is 0 Å². The summed E-state index contributed by atoms with van der Waals surface area (Å²) >= 11 is 0. The van der Waals surface area contributed by atoms with Gasteiger partial charge in [-0.3, -0.25) is 4.79 Å². The van der Waals surface area contributed by atoms with Gasteiger partial charge in [0.05, 0.1) is 6.61 Å². The summed E-state index contributed by atoms with van der Waals surface area (Å²) in [5.41, 5.74) is 1.24. The number of carbonyl (C=O) groups is 1. The first-order chi connectivity index (χ1) is 8.84. The number of Topliss-reactive ketones (excluding diaryl/α,β-unsaturated/α-hetero) is 1. The predicted molar refractivity (Wildman–Crippen MR) is 72.3 cm³/mol. The average Bonchev–Trinajstić information content (AvgIpc) is 2.81. The molecule has 0 saturated heterocycles. The number of carbonyl (C=O) groups excluding carboxylic acids is 1. The number of hydrogen-bond acceptors (Lipinski definition) is 2. The van der Waals surface area contributed by atoms with Crippen LogP contribution >= 0.6 is 0 Å². The molecule has 1 saturated carbocycles. The molecule has 0 radical (unpaired) electrons. The highest BCUT2D eigenvalue weighted by Gasteiger charge is 2.20. The van der Waals surface area contributed by atoms with Crippen LogP contribution in [0.15, 0.2) is 30.3 Å². The molecule has 0 amide bonds. The Bertz CT molecular complexity index is 359. The van der Waals surface area contributed by atoms with Crippen molar-refractivity contribution in [2.75, 3.05) is 6.61 Å². The van der Waals surface area contributed by atoms with Gasteiger partial charge < -0.3 is 4.74 Å². The van der Waals surface area contributed by atoms with Gasteiger partial charge in [0.1, 0.15) is 5.78 Å². The smallest absolute Gasteiger partial charge is 0.133 e. The van der Waals surface area contributed by atoms with E-state index in [0.717, 1.165) is 32.3 Å². The summed E-state index contributed by atoms with van der Waals surface area (Å²) in [7, 11) is 0. The first-order valence-corrected chi connectivity index (χ1v) is 6.98. The first-order valence-electron chi connectivity index (χ1n) is 6.98. The summed E-state index contributed by atoms with van der Waals surface area (Å²) in [5.74, 6) is 1.12. The van der Waals surface area contributed by atoms with Crippen LogP contribution in [0.2, 0.25) is 0 Å². The molecule has 0 N–H and O–H groups in total. The van der Waals surface area contributed by atoms with Crippen LogP contribution in [0.3, 0.4) is 0 Å². The van der Waals surface area contributed by atoms with Crippen molar-refractivity contribution in [2.45, 2.75) is 45.1 Å². The molecule has 2 heteroatoms. The molecule has 1 fully saturated rings. The van der Waals surface area contributed by atoms with Gasteiger partial charge in [-0.1, -0.05) is 36.8 Å². The van der Waals surface area contributed by atoms with Crippen molar-refractivity contribution in [3.05, 3.63) is 35.9 Å². The fourth-order valence-electron chi connectivity index (χ4n) is 2.54. The molecule has 2 rings (SSSR count). The molecule has 2 nitrogen and oxygen atoms in total. The van der Waals surface area contributed by atoms with E-state index in [1.807, 2.05) is 18.2 Å². The van der Waals surface area contributed by atoms with Crippen LogP contribution in [0, 0.1) is 5.92 Å². The van der Waals surface area contributed by atoms with Crippen molar-refractivity contribution >= 4 is 5.78 Å². The quantitative estimate of drug-likeness (QED) is 0.685. The van der Waals surface area contributed by atoms with Gasteiger partial charge in [-0.15, -0.1) is 0 Å². The second-order valence-corrected chi connectivity index (χ2v) is 5.18. The lowest BCUT2D eigenvalue weighted by Gasteiger charge is -2.08. The number of benzene rings is 1. The number of ether oxygens (including phenoxy) is 1. The maximum atomic E-state index is 11.1. The molecular weight excluding hydrogens is 224 g/mol. The fourth-order valence-corrected chi connectivity index (χ4v) is 2.54. The number of rotatable bonds is 7. The summed E-state index contributed by atoms with van der Waals surface area (Å²) in [4.78, 5) is 11.1. The molecule has 1 unspecified atom stereocenters. The van der Waals surface area contributed by atoms with Crippen LogP contribution in [-0.4, -0.2) is 12.4 Å². The maximum Gasteiger partial charge on any atom is 0.133 e.